The van der Waals surface area contributed by atoms with E-state index in [4.69, 9.17) is 4.74 Å². The number of rotatable bonds is 3. The molecule has 0 bridgehead atoms. The molecule has 1 saturated heterocycles. The van der Waals surface area contributed by atoms with Gasteiger partial charge in [-0.25, -0.2) is 0 Å². The minimum absolute atomic E-state index is 0.0934. The Morgan fingerprint density at radius 1 is 1.32 bits per heavy atom. The molecule has 1 spiro atoms. The quantitative estimate of drug-likeness (QED) is 0.889. The van der Waals surface area contributed by atoms with Crippen molar-refractivity contribution in [3.05, 3.63) is 52.8 Å². The third kappa shape index (κ3) is 3.19. The van der Waals surface area contributed by atoms with Crippen molar-refractivity contribution in [1.82, 2.24) is 20.4 Å². The monoisotopic (exact) mass is 340 g/mol. The van der Waals surface area contributed by atoms with Crippen LogP contribution < -0.4 is 10.6 Å². The molecule has 6 nitrogen and oxygen atoms in total. The second-order valence-electron chi connectivity index (χ2n) is 6.96. The van der Waals surface area contributed by atoms with Gasteiger partial charge in [-0.15, -0.1) is 0 Å². The molecule has 1 aromatic heterocycles. The van der Waals surface area contributed by atoms with Crippen LogP contribution in [-0.4, -0.2) is 34.4 Å². The van der Waals surface area contributed by atoms with Crippen molar-refractivity contribution in [2.24, 2.45) is 7.05 Å². The van der Waals surface area contributed by atoms with Crippen molar-refractivity contribution in [1.29, 1.82) is 0 Å². The fourth-order valence-electron chi connectivity index (χ4n) is 3.80. The zero-order chi connectivity index (χ0) is 17.3. The van der Waals surface area contributed by atoms with Gasteiger partial charge in [0.05, 0.1) is 12.2 Å². The number of carbonyl (C=O) groups excluding carboxylic acids is 1. The highest BCUT2D eigenvalue weighted by atomic mass is 16.5. The minimum atomic E-state index is -0.134. The Morgan fingerprint density at radius 3 is 2.84 bits per heavy atom. The first kappa shape index (κ1) is 16.3. The van der Waals surface area contributed by atoms with Gasteiger partial charge in [-0.2, -0.15) is 5.10 Å². The summed E-state index contributed by atoms with van der Waals surface area (Å²) in [6.45, 7) is 2.94. The van der Waals surface area contributed by atoms with Gasteiger partial charge in [0.2, 0.25) is 0 Å². The van der Waals surface area contributed by atoms with Crippen LogP contribution in [0.2, 0.25) is 0 Å². The van der Waals surface area contributed by atoms with Crippen LogP contribution in [-0.2, 0) is 31.4 Å². The molecule has 3 heterocycles. The number of aryl methyl sites for hydroxylation is 1. The maximum atomic E-state index is 12.6. The molecule has 6 heteroatoms. The lowest BCUT2D eigenvalue weighted by Gasteiger charge is -2.40. The van der Waals surface area contributed by atoms with Crippen LogP contribution in [0, 0.1) is 0 Å². The zero-order valence-corrected chi connectivity index (χ0v) is 14.5. The summed E-state index contributed by atoms with van der Waals surface area (Å²) < 4.78 is 8.09. The van der Waals surface area contributed by atoms with E-state index in [0.29, 0.717) is 18.8 Å². The molecule has 1 amide bonds. The molecule has 0 unspecified atom stereocenters. The van der Waals surface area contributed by atoms with E-state index in [0.717, 1.165) is 49.2 Å². The standard InChI is InChI=1S/C19H24N4O2/c1-23-16-11-19(7-9-20-10-8-19)25-13-15(16)17(22-23)18(24)21-12-14-5-3-2-4-6-14/h2-6,20H,7-13H2,1H3,(H,21,24). The predicted molar refractivity (Wildman–Crippen MR) is 94.1 cm³/mol. The number of piperidine rings is 1. The van der Waals surface area contributed by atoms with Gasteiger partial charge >= 0.3 is 0 Å². The summed E-state index contributed by atoms with van der Waals surface area (Å²) in [5.74, 6) is -0.134. The van der Waals surface area contributed by atoms with E-state index >= 15 is 0 Å². The molecule has 0 atom stereocenters. The van der Waals surface area contributed by atoms with Crippen LogP contribution in [0.5, 0.6) is 0 Å². The highest BCUT2D eigenvalue weighted by molar-refractivity contribution is 5.94. The van der Waals surface area contributed by atoms with Gasteiger partial charge in [-0.05, 0) is 31.5 Å². The molecule has 0 radical (unpaired) electrons. The Labute approximate surface area is 147 Å². The molecule has 1 fully saturated rings. The maximum absolute atomic E-state index is 12.6. The number of nitrogens with zero attached hydrogens (tertiary/aromatic N) is 2. The second-order valence-corrected chi connectivity index (χ2v) is 6.96. The number of hydrogen-bond donors (Lipinski definition) is 2. The van der Waals surface area contributed by atoms with E-state index in [1.165, 1.54) is 0 Å². The molecule has 0 saturated carbocycles. The number of hydrogen-bond acceptors (Lipinski definition) is 4. The lowest BCUT2D eigenvalue weighted by molar-refractivity contribution is -0.0869. The average molecular weight is 340 g/mol. The molecule has 2 aromatic rings. The van der Waals surface area contributed by atoms with E-state index in [1.54, 1.807) is 0 Å². The molecule has 2 N–H and O–H groups in total. The molecule has 25 heavy (non-hydrogen) atoms. The Bertz CT molecular complexity index is 763. The first-order valence-corrected chi connectivity index (χ1v) is 8.88. The Kier molecular flexibility index (Phi) is 4.31. The van der Waals surface area contributed by atoms with Gasteiger partial charge in [0.1, 0.15) is 0 Å². The van der Waals surface area contributed by atoms with Crippen molar-refractivity contribution < 1.29 is 9.53 Å². The van der Waals surface area contributed by atoms with Gasteiger partial charge in [-0.1, -0.05) is 30.3 Å². The molecule has 4 rings (SSSR count). The second kappa shape index (κ2) is 6.61. The summed E-state index contributed by atoms with van der Waals surface area (Å²) in [5.41, 5.74) is 3.56. The van der Waals surface area contributed by atoms with Crippen molar-refractivity contribution in [3.8, 4) is 0 Å². The van der Waals surface area contributed by atoms with Gasteiger partial charge in [-0.3, -0.25) is 9.48 Å². The van der Waals surface area contributed by atoms with Crippen molar-refractivity contribution in [3.63, 3.8) is 0 Å². The number of amides is 1. The highest BCUT2D eigenvalue weighted by Gasteiger charge is 2.40. The van der Waals surface area contributed by atoms with E-state index < -0.39 is 0 Å². The molecule has 2 aliphatic rings. The first-order chi connectivity index (χ1) is 12.2. The minimum Gasteiger partial charge on any atom is -0.370 e. The lowest BCUT2D eigenvalue weighted by Crippen LogP contribution is -2.47. The van der Waals surface area contributed by atoms with Crippen LogP contribution in [0.4, 0.5) is 0 Å². The molecular weight excluding hydrogens is 316 g/mol. The predicted octanol–water partition coefficient (Wildman–Crippen LogP) is 1.54. The van der Waals surface area contributed by atoms with Gasteiger partial charge in [0, 0.05) is 31.3 Å². The molecule has 132 valence electrons. The van der Waals surface area contributed by atoms with Gasteiger partial charge in [0.25, 0.3) is 5.91 Å². The van der Waals surface area contributed by atoms with Crippen LogP contribution in [0.3, 0.4) is 0 Å². The van der Waals surface area contributed by atoms with E-state index in [-0.39, 0.29) is 11.5 Å². The third-order valence-corrected chi connectivity index (χ3v) is 5.31. The summed E-state index contributed by atoms with van der Waals surface area (Å²) in [5, 5.41) is 10.8. The molecule has 1 aromatic carbocycles. The summed E-state index contributed by atoms with van der Waals surface area (Å²) in [6, 6.07) is 9.90. The van der Waals surface area contributed by atoms with E-state index in [2.05, 4.69) is 15.7 Å². The van der Waals surface area contributed by atoms with Gasteiger partial charge in [0.15, 0.2) is 5.69 Å². The zero-order valence-electron chi connectivity index (χ0n) is 14.5. The van der Waals surface area contributed by atoms with Crippen molar-refractivity contribution in [2.75, 3.05) is 13.1 Å². The Morgan fingerprint density at radius 2 is 2.08 bits per heavy atom. The summed E-state index contributed by atoms with van der Waals surface area (Å²) in [7, 11) is 1.92. The third-order valence-electron chi connectivity index (χ3n) is 5.31. The lowest BCUT2D eigenvalue weighted by atomic mass is 9.84. The SMILES string of the molecule is Cn1nc(C(=O)NCc2ccccc2)c2c1CC1(CCNCC1)OC2. The summed E-state index contributed by atoms with van der Waals surface area (Å²) in [4.78, 5) is 12.6. The van der Waals surface area contributed by atoms with Crippen molar-refractivity contribution in [2.45, 2.75) is 38.0 Å². The number of ether oxygens (including phenoxy) is 1. The Balaban J connectivity index is 1.51. The van der Waals surface area contributed by atoms with Crippen LogP contribution >= 0.6 is 0 Å². The smallest absolute Gasteiger partial charge is 0.272 e. The number of nitrogens with one attached hydrogen (secondary N) is 2. The van der Waals surface area contributed by atoms with Crippen LogP contribution in [0.1, 0.15) is 40.2 Å². The van der Waals surface area contributed by atoms with Gasteiger partial charge < -0.3 is 15.4 Å². The summed E-state index contributed by atoms with van der Waals surface area (Å²) in [6.07, 6.45) is 2.85. The molecule has 2 aliphatic heterocycles. The number of aromatic nitrogens is 2. The molecule has 0 aliphatic carbocycles. The van der Waals surface area contributed by atoms with Crippen molar-refractivity contribution >= 4 is 5.91 Å². The molecular formula is C19H24N4O2. The number of carbonyl (C=O) groups is 1. The Hall–Kier alpha value is -2.18. The maximum Gasteiger partial charge on any atom is 0.272 e. The normalized spacial score (nSPS) is 18.8. The van der Waals surface area contributed by atoms with Crippen LogP contribution in [0.25, 0.3) is 0 Å². The average Bonchev–Trinajstić information content (AvgIpc) is 2.97. The van der Waals surface area contributed by atoms with E-state index in [1.807, 2.05) is 42.1 Å². The first-order valence-electron chi connectivity index (χ1n) is 8.88. The topological polar surface area (TPSA) is 68.2 Å². The summed E-state index contributed by atoms with van der Waals surface area (Å²) >= 11 is 0. The van der Waals surface area contributed by atoms with Crippen LogP contribution in [0.15, 0.2) is 30.3 Å². The fourth-order valence-corrected chi connectivity index (χ4v) is 3.80. The fraction of sp³-hybridized carbons (Fsp3) is 0.474. The van der Waals surface area contributed by atoms with E-state index in [9.17, 15) is 4.79 Å². The number of benzene rings is 1. The number of fused-ring (bicyclic) bond motifs is 1. The largest absolute Gasteiger partial charge is 0.370 e. The highest BCUT2D eigenvalue weighted by Crippen LogP contribution is 2.35.